The number of allylic oxidation sites excluding steroid dienone is 1. The minimum Gasteiger partial charge on any atom is -0.398 e. The van der Waals surface area contributed by atoms with Crippen LogP contribution in [-0.4, -0.2) is 45.7 Å². The molecule has 23 heavy (non-hydrogen) atoms. The van der Waals surface area contributed by atoms with Gasteiger partial charge in [-0.3, -0.25) is 10.1 Å². The molecule has 0 unspecified atom stereocenters. The molecule has 1 fully saturated rings. The zero-order valence-corrected chi connectivity index (χ0v) is 13.4. The minimum absolute atomic E-state index is 0.222. The summed E-state index contributed by atoms with van der Waals surface area (Å²) in [4.78, 5) is 23.9. The molecule has 1 aromatic heterocycles. The largest absolute Gasteiger partial charge is 0.398 e. The van der Waals surface area contributed by atoms with Crippen molar-refractivity contribution in [2.75, 3.05) is 20.2 Å². The molecule has 0 amide bonds. The lowest BCUT2D eigenvalue weighted by Crippen LogP contribution is -2.35. The SMILES string of the molecule is CON=C1CCC([N+](=O)[O-])=C2N(Cc3ccc(Cl)nc3)CCN12. The van der Waals surface area contributed by atoms with E-state index in [0.717, 1.165) is 11.4 Å². The molecule has 0 atom stereocenters. The fourth-order valence-corrected chi connectivity index (χ4v) is 3.03. The number of nitrogens with zero attached hydrogens (tertiary/aromatic N) is 5. The normalized spacial score (nSPS) is 19.3. The van der Waals surface area contributed by atoms with E-state index < -0.39 is 0 Å². The van der Waals surface area contributed by atoms with E-state index in [4.69, 9.17) is 16.4 Å². The monoisotopic (exact) mass is 337 g/mol. The maximum Gasteiger partial charge on any atom is 0.287 e. The number of hydrogen-bond acceptors (Lipinski definition) is 6. The topological polar surface area (TPSA) is 84.1 Å². The first-order chi connectivity index (χ1) is 11.1. The molecule has 9 heteroatoms. The molecule has 0 radical (unpaired) electrons. The van der Waals surface area contributed by atoms with Crippen LogP contribution in [0, 0.1) is 10.1 Å². The number of pyridine rings is 1. The third-order valence-electron chi connectivity index (χ3n) is 3.88. The van der Waals surface area contributed by atoms with E-state index >= 15 is 0 Å². The number of hydrogen-bond donors (Lipinski definition) is 0. The maximum atomic E-state index is 11.4. The van der Waals surface area contributed by atoms with Crippen LogP contribution in [0.2, 0.25) is 5.15 Å². The van der Waals surface area contributed by atoms with Crippen LogP contribution >= 0.6 is 11.6 Å². The maximum absolute atomic E-state index is 11.4. The molecule has 0 bridgehead atoms. The highest BCUT2D eigenvalue weighted by Crippen LogP contribution is 2.32. The number of fused-ring (bicyclic) bond motifs is 1. The van der Waals surface area contributed by atoms with Crippen LogP contribution in [0.25, 0.3) is 0 Å². The fourth-order valence-electron chi connectivity index (χ4n) is 2.92. The van der Waals surface area contributed by atoms with E-state index in [1.165, 1.54) is 7.11 Å². The lowest BCUT2D eigenvalue weighted by atomic mass is 10.1. The van der Waals surface area contributed by atoms with Crippen molar-refractivity contribution in [2.24, 2.45) is 5.16 Å². The second kappa shape index (κ2) is 6.41. The summed E-state index contributed by atoms with van der Waals surface area (Å²) in [7, 11) is 1.48. The summed E-state index contributed by atoms with van der Waals surface area (Å²) >= 11 is 5.80. The Labute approximate surface area is 138 Å². The highest BCUT2D eigenvalue weighted by Gasteiger charge is 2.40. The molecule has 122 valence electrons. The second-order valence-electron chi connectivity index (χ2n) is 5.28. The lowest BCUT2D eigenvalue weighted by Gasteiger charge is -2.28. The Bertz CT molecular complexity index is 673. The standard InChI is InChI=1S/C14H16ClN5O3/c1-23-17-13-5-3-11(20(21)22)14-18(6-7-19(13)14)9-10-2-4-12(15)16-8-10/h2,4,8H,3,5-7,9H2,1H3. The van der Waals surface area contributed by atoms with Gasteiger partial charge in [0.05, 0.1) is 4.92 Å². The zero-order chi connectivity index (χ0) is 16.4. The quantitative estimate of drug-likeness (QED) is 0.475. The van der Waals surface area contributed by atoms with Gasteiger partial charge in [-0.25, -0.2) is 4.98 Å². The second-order valence-corrected chi connectivity index (χ2v) is 5.67. The first-order valence-electron chi connectivity index (χ1n) is 7.20. The third kappa shape index (κ3) is 3.07. The van der Waals surface area contributed by atoms with Crippen LogP contribution < -0.4 is 0 Å². The Kier molecular flexibility index (Phi) is 4.33. The summed E-state index contributed by atoms with van der Waals surface area (Å²) in [6, 6.07) is 3.59. The first-order valence-corrected chi connectivity index (χ1v) is 7.58. The van der Waals surface area contributed by atoms with Crippen LogP contribution in [-0.2, 0) is 11.4 Å². The number of halogens is 1. The molecule has 0 aliphatic carbocycles. The van der Waals surface area contributed by atoms with Crippen molar-refractivity contribution in [3.63, 3.8) is 0 Å². The Morgan fingerprint density at radius 3 is 2.91 bits per heavy atom. The molecule has 2 aliphatic rings. The number of aromatic nitrogens is 1. The van der Waals surface area contributed by atoms with Crippen molar-refractivity contribution < 1.29 is 9.76 Å². The van der Waals surface area contributed by atoms with Gasteiger partial charge in [0.1, 0.15) is 12.3 Å². The molecule has 0 spiro atoms. The van der Waals surface area contributed by atoms with Gasteiger partial charge in [0.15, 0.2) is 11.7 Å². The summed E-state index contributed by atoms with van der Waals surface area (Å²) in [5, 5.41) is 15.8. The Morgan fingerprint density at radius 2 is 2.26 bits per heavy atom. The Balaban J connectivity index is 1.91. The van der Waals surface area contributed by atoms with E-state index in [1.807, 2.05) is 15.9 Å². The van der Waals surface area contributed by atoms with Crippen LogP contribution in [0.3, 0.4) is 0 Å². The summed E-state index contributed by atoms with van der Waals surface area (Å²) in [6.07, 6.45) is 2.53. The van der Waals surface area contributed by atoms with E-state index in [9.17, 15) is 10.1 Å². The highest BCUT2D eigenvalue weighted by atomic mass is 35.5. The van der Waals surface area contributed by atoms with Crippen LogP contribution in [0.4, 0.5) is 0 Å². The minimum atomic E-state index is -0.301. The van der Waals surface area contributed by atoms with Gasteiger partial charge in [-0.1, -0.05) is 22.8 Å². The molecule has 8 nitrogen and oxygen atoms in total. The number of oxime groups is 1. The van der Waals surface area contributed by atoms with Crippen molar-refractivity contribution in [3.8, 4) is 0 Å². The zero-order valence-electron chi connectivity index (χ0n) is 12.6. The smallest absolute Gasteiger partial charge is 0.287 e. The molecule has 0 N–H and O–H groups in total. The lowest BCUT2D eigenvalue weighted by molar-refractivity contribution is -0.431. The average molecular weight is 338 g/mol. The molecule has 1 aromatic rings. The van der Waals surface area contributed by atoms with E-state index in [2.05, 4.69) is 10.1 Å². The fraction of sp³-hybridized carbons (Fsp3) is 0.429. The number of amidine groups is 1. The molecule has 0 saturated carbocycles. The first kappa shape index (κ1) is 15.5. The van der Waals surface area contributed by atoms with Crippen LogP contribution in [0.1, 0.15) is 18.4 Å². The van der Waals surface area contributed by atoms with Crippen molar-refractivity contribution in [1.82, 2.24) is 14.8 Å². The van der Waals surface area contributed by atoms with Gasteiger partial charge < -0.3 is 14.6 Å². The van der Waals surface area contributed by atoms with E-state index in [-0.39, 0.29) is 10.6 Å². The Morgan fingerprint density at radius 1 is 1.43 bits per heavy atom. The highest BCUT2D eigenvalue weighted by molar-refractivity contribution is 6.29. The van der Waals surface area contributed by atoms with Gasteiger partial charge in [0.25, 0.3) is 5.70 Å². The van der Waals surface area contributed by atoms with Gasteiger partial charge in [-0.05, 0) is 11.6 Å². The molecule has 1 saturated heterocycles. The van der Waals surface area contributed by atoms with Crippen molar-refractivity contribution in [3.05, 3.63) is 50.7 Å². The van der Waals surface area contributed by atoms with Crippen LogP contribution in [0.15, 0.2) is 35.0 Å². The van der Waals surface area contributed by atoms with Crippen molar-refractivity contribution in [2.45, 2.75) is 19.4 Å². The Hall–Kier alpha value is -2.35. The molecule has 3 heterocycles. The summed E-state index contributed by atoms with van der Waals surface area (Å²) in [5.41, 5.74) is 1.17. The van der Waals surface area contributed by atoms with Gasteiger partial charge >= 0.3 is 0 Å². The van der Waals surface area contributed by atoms with Gasteiger partial charge in [-0.2, -0.15) is 0 Å². The number of rotatable bonds is 4. The molecule has 3 rings (SSSR count). The van der Waals surface area contributed by atoms with Gasteiger partial charge in [-0.15, -0.1) is 0 Å². The van der Waals surface area contributed by atoms with Crippen molar-refractivity contribution >= 4 is 17.4 Å². The predicted molar refractivity (Wildman–Crippen MR) is 84.1 cm³/mol. The van der Waals surface area contributed by atoms with Crippen molar-refractivity contribution in [1.29, 1.82) is 0 Å². The van der Waals surface area contributed by atoms with E-state index in [1.54, 1.807) is 12.3 Å². The van der Waals surface area contributed by atoms with Gasteiger partial charge in [0.2, 0.25) is 0 Å². The summed E-state index contributed by atoms with van der Waals surface area (Å²) < 4.78 is 0. The molecular formula is C14H16ClN5O3. The van der Waals surface area contributed by atoms with E-state index in [0.29, 0.717) is 43.4 Å². The summed E-state index contributed by atoms with van der Waals surface area (Å²) in [5.74, 6) is 1.33. The molecule has 2 aliphatic heterocycles. The van der Waals surface area contributed by atoms with Gasteiger partial charge in [0, 0.05) is 38.7 Å². The van der Waals surface area contributed by atoms with Crippen LogP contribution in [0.5, 0.6) is 0 Å². The predicted octanol–water partition coefficient (Wildman–Crippen LogP) is 2.05. The average Bonchev–Trinajstić information content (AvgIpc) is 2.94. The summed E-state index contributed by atoms with van der Waals surface area (Å²) in [6.45, 7) is 1.86. The molecule has 0 aromatic carbocycles. The third-order valence-corrected chi connectivity index (χ3v) is 4.11. The number of nitro groups is 1. The molecular weight excluding hydrogens is 322 g/mol.